The number of amides is 1. The van der Waals surface area contributed by atoms with E-state index in [0.29, 0.717) is 6.61 Å². The Balaban J connectivity index is 1.64. The Morgan fingerprint density at radius 1 is 1.17 bits per heavy atom. The van der Waals surface area contributed by atoms with Crippen molar-refractivity contribution in [1.29, 1.82) is 0 Å². The predicted octanol–water partition coefficient (Wildman–Crippen LogP) is 4.57. The monoisotopic (exact) mass is 327 g/mol. The number of benzene rings is 2. The van der Waals surface area contributed by atoms with Gasteiger partial charge in [0.15, 0.2) is 0 Å². The Morgan fingerprint density at radius 2 is 1.96 bits per heavy atom. The Labute approximate surface area is 141 Å². The largest absolute Gasteiger partial charge is 0.368 e. The first-order chi connectivity index (χ1) is 11.1. The summed E-state index contributed by atoms with van der Waals surface area (Å²) >= 11 is 1.74. The van der Waals surface area contributed by atoms with Crippen LogP contribution in [0.1, 0.15) is 24.0 Å². The molecule has 4 heteroatoms. The summed E-state index contributed by atoms with van der Waals surface area (Å²) in [7, 11) is 0. The number of anilines is 1. The Kier molecular flexibility index (Phi) is 5.03. The van der Waals surface area contributed by atoms with Gasteiger partial charge in [0.25, 0.3) is 5.91 Å². The van der Waals surface area contributed by atoms with E-state index in [2.05, 4.69) is 37.4 Å². The van der Waals surface area contributed by atoms with Gasteiger partial charge in [0.2, 0.25) is 0 Å². The lowest BCUT2D eigenvalue weighted by molar-refractivity contribution is -0.124. The lowest BCUT2D eigenvalue weighted by atomic mass is 10.2. The zero-order chi connectivity index (χ0) is 16.2. The fourth-order valence-electron chi connectivity index (χ4n) is 2.56. The molecule has 1 aliphatic rings. The fraction of sp³-hybridized carbons (Fsp3) is 0.316. The zero-order valence-electron chi connectivity index (χ0n) is 13.5. The molecule has 1 aliphatic heterocycles. The van der Waals surface area contributed by atoms with E-state index in [9.17, 15) is 4.79 Å². The van der Waals surface area contributed by atoms with Crippen molar-refractivity contribution in [2.45, 2.75) is 42.6 Å². The highest BCUT2D eigenvalue weighted by Crippen LogP contribution is 2.31. The molecular weight excluding hydrogens is 306 g/mol. The minimum atomic E-state index is -0.293. The third-order valence-corrected chi connectivity index (χ3v) is 5.08. The van der Waals surface area contributed by atoms with Crippen LogP contribution in [0.15, 0.2) is 52.3 Å². The number of hydrogen-bond donors (Lipinski definition) is 1. The smallest absolute Gasteiger partial charge is 0.253 e. The molecule has 1 atom stereocenters. The predicted molar refractivity (Wildman–Crippen MR) is 94.1 cm³/mol. The van der Waals surface area contributed by atoms with Gasteiger partial charge in [-0.05, 0) is 68.1 Å². The lowest BCUT2D eigenvalue weighted by Gasteiger charge is -2.11. The summed E-state index contributed by atoms with van der Waals surface area (Å²) in [6.07, 6.45) is 1.48. The normalized spacial score (nSPS) is 17.2. The van der Waals surface area contributed by atoms with Gasteiger partial charge < -0.3 is 10.1 Å². The van der Waals surface area contributed by atoms with E-state index < -0.39 is 0 Å². The van der Waals surface area contributed by atoms with E-state index in [1.807, 2.05) is 24.3 Å². The van der Waals surface area contributed by atoms with E-state index in [1.165, 1.54) is 16.0 Å². The molecule has 2 aromatic carbocycles. The van der Waals surface area contributed by atoms with Crippen LogP contribution >= 0.6 is 11.8 Å². The highest BCUT2D eigenvalue weighted by atomic mass is 32.2. The van der Waals surface area contributed by atoms with Crippen molar-refractivity contribution >= 4 is 23.4 Å². The first kappa shape index (κ1) is 16.1. The van der Waals surface area contributed by atoms with E-state index in [1.54, 1.807) is 11.8 Å². The highest BCUT2D eigenvalue weighted by Gasteiger charge is 2.23. The maximum Gasteiger partial charge on any atom is 0.253 e. The molecule has 2 aromatic rings. The second-order valence-corrected chi connectivity index (χ2v) is 7.00. The van der Waals surface area contributed by atoms with E-state index in [0.717, 1.165) is 23.4 Å². The van der Waals surface area contributed by atoms with Crippen LogP contribution in [0.25, 0.3) is 0 Å². The minimum absolute atomic E-state index is 0.0440. The summed E-state index contributed by atoms with van der Waals surface area (Å²) in [5, 5.41) is 2.92. The number of nitrogens with one attached hydrogen (secondary N) is 1. The summed E-state index contributed by atoms with van der Waals surface area (Å²) in [5.41, 5.74) is 3.35. The number of carbonyl (C=O) groups excluding carboxylic acids is 1. The van der Waals surface area contributed by atoms with Crippen molar-refractivity contribution in [2.75, 3.05) is 11.9 Å². The van der Waals surface area contributed by atoms with Crippen molar-refractivity contribution in [2.24, 2.45) is 0 Å². The third-order valence-electron chi connectivity index (χ3n) is 3.92. The molecule has 1 heterocycles. The van der Waals surface area contributed by atoms with Crippen LogP contribution in [0.5, 0.6) is 0 Å². The molecule has 1 amide bonds. The number of ether oxygens (including phenoxy) is 1. The molecule has 120 valence electrons. The second-order valence-electron chi connectivity index (χ2n) is 5.89. The number of carbonyl (C=O) groups is 1. The summed E-state index contributed by atoms with van der Waals surface area (Å²) in [6.45, 7) is 4.91. The zero-order valence-corrected chi connectivity index (χ0v) is 14.3. The van der Waals surface area contributed by atoms with Crippen molar-refractivity contribution < 1.29 is 9.53 Å². The molecule has 0 radical (unpaired) electrons. The SMILES string of the molecule is Cc1ccc(C)c(Sc2ccc(NC(=O)[C@H]3CCCO3)cc2)c1. The van der Waals surface area contributed by atoms with E-state index in [-0.39, 0.29) is 12.0 Å². The maximum absolute atomic E-state index is 12.0. The van der Waals surface area contributed by atoms with Crippen LogP contribution in [0.4, 0.5) is 5.69 Å². The standard InChI is InChI=1S/C19H21NO2S/c1-13-5-6-14(2)18(12-13)23-16-9-7-15(8-10-16)20-19(21)17-4-3-11-22-17/h5-10,12,17H,3-4,11H2,1-2H3,(H,20,21)/t17-/m1/s1. The topological polar surface area (TPSA) is 38.3 Å². The van der Waals surface area contributed by atoms with Crippen molar-refractivity contribution in [1.82, 2.24) is 0 Å². The van der Waals surface area contributed by atoms with E-state index in [4.69, 9.17) is 4.74 Å². The van der Waals surface area contributed by atoms with Gasteiger partial charge in [-0.1, -0.05) is 23.9 Å². The van der Waals surface area contributed by atoms with Crippen LogP contribution in [0.3, 0.4) is 0 Å². The Hall–Kier alpha value is -1.78. The van der Waals surface area contributed by atoms with Gasteiger partial charge >= 0.3 is 0 Å². The van der Waals surface area contributed by atoms with Crippen LogP contribution in [0.2, 0.25) is 0 Å². The first-order valence-corrected chi connectivity index (χ1v) is 8.71. The van der Waals surface area contributed by atoms with Crippen LogP contribution in [-0.4, -0.2) is 18.6 Å². The molecule has 1 fully saturated rings. The average molecular weight is 327 g/mol. The number of rotatable bonds is 4. The Bertz CT molecular complexity index is 691. The number of aryl methyl sites for hydroxylation is 2. The number of hydrogen-bond acceptors (Lipinski definition) is 3. The summed E-state index contributed by atoms with van der Waals surface area (Å²) in [5.74, 6) is -0.0440. The Morgan fingerprint density at radius 3 is 2.65 bits per heavy atom. The molecule has 0 aromatic heterocycles. The van der Waals surface area contributed by atoms with Gasteiger partial charge in [-0.3, -0.25) is 4.79 Å². The quantitative estimate of drug-likeness (QED) is 0.894. The fourth-order valence-corrected chi connectivity index (χ4v) is 3.56. The van der Waals surface area contributed by atoms with Crippen molar-refractivity contribution in [3.63, 3.8) is 0 Å². The van der Waals surface area contributed by atoms with Gasteiger partial charge in [0, 0.05) is 22.1 Å². The summed E-state index contributed by atoms with van der Waals surface area (Å²) in [6, 6.07) is 14.4. The second kappa shape index (κ2) is 7.20. The van der Waals surface area contributed by atoms with Crippen LogP contribution in [-0.2, 0) is 9.53 Å². The van der Waals surface area contributed by atoms with Crippen LogP contribution in [0, 0.1) is 13.8 Å². The molecule has 1 N–H and O–H groups in total. The summed E-state index contributed by atoms with van der Waals surface area (Å²) in [4.78, 5) is 14.5. The highest BCUT2D eigenvalue weighted by molar-refractivity contribution is 7.99. The van der Waals surface area contributed by atoms with Gasteiger partial charge in [0.1, 0.15) is 6.10 Å². The van der Waals surface area contributed by atoms with Crippen molar-refractivity contribution in [3.05, 3.63) is 53.6 Å². The van der Waals surface area contributed by atoms with Gasteiger partial charge in [-0.15, -0.1) is 0 Å². The average Bonchev–Trinajstić information content (AvgIpc) is 3.07. The van der Waals surface area contributed by atoms with Crippen LogP contribution < -0.4 is 5.32 Å². The molecule has 0 spiro atoms. The van der Waals surface area contributed by atoms with E-state index >= 15 is 0 Å². The molecule has 1 saturated heterocycles. The molecule has 0 saturated carbocycles. The molecule has 3 nitrogen and oxygen atoms in total. The lowest BCUT2D eigenvalue weighted by Crippen LogP contribution is -2.26. The molecular formula is C19H21NO2S. The molecule has 0 bridgehead atoms. The summed E-state index contributed by atoms with van der Waals surface area (Å²) < 4.78 is 5.40. The molecule has 0 aliphatic carbocycles. The van der Waals surface area contributed by atoms with Gasteiger partial charge in [0.05, 0.1) is 0 Å². The first-order valence-electron chi connectivity index (χ1n) is 7.89. The maximum atomic E-state index is 12.0. The molecule has 0 unspecified atom stereocenters. The molecule has 23 heavy (non-hydrogen) atoms. The van der Waals surface area contributed by atoms with Gasteiger partial charge in [-0.2, -0.15) is 0 Å². The third kappa shape index (κ3) is 4.15. The minimum Gasteiger partial charge on any atom is -0.368 e. The van der Waals surface area contributed by atoms with Gasteiger partial charge in [-0.25, -0.2) is 0 Å². The molecule has 3 rings (SSSR count). The van der Waals surface area contributed by atoms with Crippen molar-refractivity contribution in [3.8, 4) is 0 Å².